The third-order valence-electron chi connectivity index (χ3n) is 6.96. The standard InChI is InChI=1S/C30H24FNO5S/c1-16-13-20(10-12-21(16)19-9-11-23-26(14-19)38-17(2)27(23)30(33)34)35-15-24-28(32-37-29(24)18-7-8-18)22-5-3-4-6-25(22)36-31/h3-6,9-14,18H,7-8,15H2,1-2H3,(H,33,34). The monoisotopic (exact) mass is 529 g/mol. The van der Waals surface area contributed by atoms with E-state index in [0.717, 1.165) is 55.8 Å². The van der Waals surface area contributed by atoms with Crippen LogP contribution in [0.4, 0.5) is 4.53 Å². The maximum atomic E-state index is 13.2. The molecule has 6 rings (SSSR count). The molecule has 2 aromatic heterocycles. The number of thiophene rings is 1. The van der Waals surface area contributed by atoms with Crippen molar-refractivity contribution in [1.82, 2.24) is 5.16 Å². The molecule has 5 aromatic rings. The van der Waals surface area contributed by atoms with Crippen molar-refractivity contribution < 1.29 is 28.6 Å². The maximum absolute atomic E-state index is 13.2. The van der Waals surface area contributed by atoms with Gasteiger partial charge >= 0.3 is 5.97 Å². The molecule has 0 amide bonds. The summed E-state index contributed by atoms with van der Waals surface area (Å²) in [4.78, 5) is 16.5. The fourth-order valence-corrected chi connectivity index (χ4v) is 6.02. The SMILES string of the molecule is Cc1cc(OCc2c(-c3ccccc3OF)noc2C2CC2)ccc1-c1ccc2c(C(=O)O)c(C)sc2c1. The van der Waals surface area contributed by atoms with Crippen LogP contribution in [0.5, 0.6) is 11.5 Å². The van der Waals surface area contributed by atoms with Gasteiger partial charge in [-0.15, -0.1) is 11.3 Å². The molecule has 192 valence electrons. The second kappa shape index (κ2) is 9.61. The van der Waals surface area contributed by atoms with Gasteiger partial charge in [-0.25, -0.2) is 4.79 Å². The molecule has 1 saturated carbocycles. The number of benzene rings is 3. The number of fused-ring (bicyclic) bond motifs is 1. The molecule has 2 heterocycles. The van der Waals surface area contributed by atoms with Gasteiger partial charge in [0.2, 0.25) is 0 Å². The number of hydrogen-bond acceptors (Lipinski definition) is 6. The lowest BCUT2D eigenvalue weighted by Gasteiger charge is -2.12. The highest BCUT2D eigenvalue weighted by molar-refractivity contribution is 7.19. The van der Waals surface area contributed by atoms with E-state index >= 15 is 0 Å². The zero-order valence-electron chi connectivity index (χ0n) is 20.8. The topological polar surface area (TPSA) is 81.8 Å². The van der Waals surface area contributed by atoms with E-state index in [1.54, 1.807) is 24.3 Å². The zero-order chi connectivity index (χ0) is 26.4. The number of para-hydroxylation sites is 1. The van der Waals surface area contributed by atoms with E-state index < -0.39 is 5.97 Å². The number of nitrogens with zero attached hydrogens (tertiary/aromatic N) is 1. The van der Waals surface area contributed by atoms with Crippen molar-refractivity contribution in [3.63, 3.8) is 0 Å². The van der Waals surface area contributed by atoms with E-state index in [9.17, 15) is 14.4 Å². The lowest BCUT2D eigenvalue weighted by Crippen LogP contribution is -2.00. The predicted molar refractivity (Wildman–Crippen MR) is 144 cm³/mol. The van der Waals surface area contributed by atoms with Crippen LogP contribution in [0, 0.1) is 13.8 Å². The second-order valence-corrected chi connectivity index (χ2v) is 10.8. The summed E-state index contributed by atoms with van der Waals surface area (Å²) in [5.74, 6) is 0.951. The van der Waals surface area contributed by atoms with Crippen LogP contribution in [0.2, 0.25) is 0 Å². The van der Waals surface area contributed by atoms with Crippen LogP contribution in [0.15, 0.2) is 65.2 Å². The minimum atomic E-state index is -0.902. The number of aromatic carboxylic acids is 1. The number of aryl methyl sites for hydroxylation is 2. The summed E-state index contributed by atoms with van der Waals surface area (Å²) in [6.45, 7) is 4.08. The number of ether oxygens (including phenoxy) is 1. The second-order valence-electron chi connectivity index (χ2n) is 9.54. The summed E-state index contributed by atoms with van der Waals surface area (Å²) in [7, 11) is 0. The number of carboxylic acids is 1. The highest BCUT2D eigenvalue weighted by Crippen LogP contribution is 2.45. The fourth-order valence-electron chi connectivity index (χ4n) is 4.93. The van der Waals surface area contributed by atoms with E-state index in [-0.39, 0.29) is 12.4 Å². The molecule has 1 fully saturated rings. The summed E-state index contributed by atoms with van der Waals surface area (Å²) in [6, 6.07) is 18.6. The Bertz CT molecular complexity index is 1680. The molecule has 0 unspecified atom stereocenters. The van der Waals surface area contributed by atoms with Crippen molar-refractivity contribution in [3.8, 4) is 33.9 Å². The summed E-state index contributed by atoms with van der Waals surface area (Å²) in [5.41, 5.74) is 5.29. The van der Waals surface area contributed by atoms with Crippen LogP contribution in [-0.2, 0) is 6.61 Å². The molecule has 0 saturated heterocycles. The molecule has 0 atom stereocenters. The molecule has 8 heteroatoms. The number of halogens is 1. The molecular formula is C30H24FNO5S. The maximum Gasteiger partial charge on any atom is 0.337 e. The van der Waals surface area contributed by atoms with E-state index in [2.05, 4.69) is 10.1 Å². The van der Waals surface area contributed by atoms with Crippen molar-refractivity contribution in [2.24, 2.45) is 0 Å². The number of carboxylic acid groups (broad SMARTS) is 1. The smallest absolute Gasteiger partial charge is 0.337 e. The fraction of sp³-hybridized carbons (Fsp3) is 0.200. The van der Waals surface area contributed by atoms with Gasteiger partial charge < -0.3 is 14.4 Å². The first-order valence-electron chi connectivity index (χ1n) is 12.3. The minimum Gasteiger partial charge on any atom is -0.489 e. The van der Waals surface area contributed by atoms with E-state index in [1.807, 2.05) is 50.2 Å². The van der Waals surface area contributed by atoms with Gasteiger partial charge in [0, 0.05) is 25.4 Å². The summed E-state index contributed by atoms with van der Waals surface area (Å²) < 4.78 is 26.0. The Balaban J connectivity index is 1.28. The Morgan fingerprint density at radius 2 is 1.92 bits per heavy atom. The van der Waals surface area contributed by atoms with Gasteiger partial charge in [-0.1, -0.05) is 35.5 Å². The molecule has 0 bridgehead atoms. The van der Waals surface area contributed by atoms with Gasteiger partial charge in [-0.2, -0.15) is 0 Å². The van der Waals surface area contributed by atoms with Crippen molar-refractivity contribution >= 4 is 27.4 Å². The van der Waals surface area contributed by atoms with Crippen LogP contribution in [0.1, 0.15) is 50.9 Å². The first kappa shape index (κ1) is 24.2. The molecule has 0 aliphatic heterocycles. The molecule has 0 spiro atoms. The normalized spacial score (nSPS) is 13.1. The Kier molecular flexibility index (Phi) is 6.12. The van der Waals surface area contributed by atoms with Gasteiger partial charge in [0.1, 0.15) is 23.8 Å². The largest absolute Gasteiger partial charge is 0.489 e. The first-order chi connectivity index (χ1) is 18.4. The van der Waals surface area contributed by atoms with Gasteiger partial charge in [-0.05, 0) is 73.7 Å². The Morgan fingerprint density at radius 1 is 1.11 bits per heavy atom. The summed E-state index contributed by atoms with van der Waals surface area (Å²) >= 11 is 1.49. The van der Waals surface area contributed by atoms with Crippen LogP contribution in [-0.4, -0.2) is 16.2 Å². The number of aromatic nitrogens is 1. The predicted octanol–water partition coefficient (Wildman–Crippen LogP) is 8.26. The Labute approximate surface area is 222 Å². The lowest BCUT2D eigenvalue weighted by atomic mass is 9.99. The quantitative estimate of drug-likeness (QED) is 0.218. The molecule has 1 aliphatic carbocycles. The molecule has 1 N–H and O–H groups in total. The average molecular weight is 530 g/mol. The first-order valence-corrected chi connectivity index (χ1v) is 13.1. The van der Waals surface area contributed by atoms with Crippen molar-refractivity contribution in [2.45, 2.75) is 39.2 Å². The third-order valence-corrected chi connectivity index (χ3v) is 8.03. The highest BCUT2D eigenvalue weighted by atomic mass is 32.1. The molecule has 38 heavy (non-hydrogen) atoms. The van der Waals surface area contributed by atoms with Gasteiger partial charge in [0.05, 0.1) is 16.7 Å². The van der Waals surface area contributed by atoms with Crippen molar-refractivity contribution in [2.75, 3.05) is 0 Å². The zero-order valence-corrected chi connectivity index (χ0v) is 21.6. The van der Waals surface area contributed by atoms with Crippen LogP contribution >= 0.6 is 11.3 Å². The van der Waals surface area contributed by atoms with Crippen molar-refractivity contribution in [3.05, 3.63) is 88.0 Å². The average Bonchev–Trinajstić information content (AvgIpc) is 3.58. The van der Waals surface area contributed by atoms with E-state index in [1.165, 1.54) is 11.3 Å². The lowest BCUT2D eigenvalue weighted by molar-refractivity contribution is -0.00551. The third kappa shape index (κ3) is 4.31. The number of rotatable bonds is 8. The summed E-state index contributed by atoms with van der Waals surface area (Å²) in [5, 5.41) is 14.6. The molecule has 0 radical (unpaired) electrons. The van der Waals surface area contributed by atoms with Crippen LogP contribution < -0.4 is 9.68 Å². The Morgan fingerprint density at radius 3 is 2.66 bits per heavy atom. The van der Waals surface area contributed by atoms with E-state index in [0.29, 0.717) is 28.5 Å². The number of hydrogen-bond donors (Lipinski definition) is 1. The van der Waals surface area contributed by atoms with Gasteiger partial charge in [0.25, 0.3) is 0 Å². The van der Waals surface area contributed by atoms with Crippen molar-refractivity contribution in [1.29, 1.82) is 0 Å². The molecule has 6 nitrogen and oxygen atoms in total. The van der Waals surface area contributed by atoms with Crippen LogP contribution in [0.3, 0.4) is 0 Å². The van der Waals surface area contributed by atoms with E-state index in [4.69, 9.17) is 9.26 Å². The van der Waals surface area contributed by atoms with Gasteiger partial charge in [0.15, 0.2) is 5.75 Å². The number of carbonyl (C=O) groups is 1. The summed E-state index contributed by atoms with van der Waals surface area (Å²) in [6.07, 6.45) is 2.05. The minimum absolute atomic E-state index is 0.0815. The molecule has 1 aliphatic rings. The molecule has 3 aromatic carbocycles. The molecular weight excluding hydrogens is 505 g/mol. The highest BCUT2D eigenvalue weighted by Gasteiger charge is 2.33. The van der Waals surface area contributed by atoms with Gasteiger partial charge in [-0.3, -0.25) is 4.94 Å². The van der Waals surface area contributed by atoms with Crippen LogP contribution in [0.25, 0.3) is 32.5 Å². The Hall–Kier alpha value is -4.17.